The highest BCUT2D eigenvalue weighted by molar-refractivity contribution is 8.18. The maximum Gasteiger partial charge on any atom is 0.294 e. The summed E-state index contributed by atoms with van der Waals surface area (Å²) >= 11 is 0.760. The molecule has 41 heavy (non-hydrogen) atoms. The molecule has 0 aromatic heterocycles. The van der Waals surface area contributed by atoms with Crippen LogP contribution in [0.4, 0.5) is 16.2 Å². The molecule has 0 bridgehead atoms. The quantitative estimate of drug-likeness (QED) is 0.319. The maximum atomic E-state index is 13.0. The van der Waals surface area contributed by atoms with Crippen LogP contribution in [-0.4, -0.2) is 48.1 Å². The van der Waals surface area contributed by atoms with E-state index >= 15 is 0 Å². The molecule has 1 aliphatic rings. The van der Waals surface area contributed by atoms with Gasteiger partial charge in [0.05, 0.1) is 12.0 Å². The van der Waals surface area contributed by atoms with Gasteiger partial charge in [-0.1, -0.05) is 35.9 Å². The first-order valence-electron chi connectivity index (χ1n) is 12.8. The van der Waals surface area contributed by atoms with Crippen molar-refractivity contribution in [2.24, 2.45) is 0 Å². The van der Waals surface area contributed by atoms with Gasteiger partial charge in [0, 0.05) is 11.4 Å². The Morgan fingerprint density at radius 2 is 1.61 bits per heavy atom. The fourth-order valence-electron chi connectivity index (χ4n) is 4.44. The summed E-state index contributed by atoms with van der Waals surface area (Å²) in [6.45, 7) is 7.07. The number of carbonyl (C=O) groups is 4. The third kappa shape index (κ3) is 7.34. The number of rotatable bonds is 9. The van der Waals surface area contributed by atoms with Crippen molar-refractivity contribution >= 4 is 52.2 Å². The lowest BCUT2D eigenvalue weighted by atomic mass is 10.1. The number of aryl methyl sites for hydroxylation is 4. The summed E-state index contributed by atoms with van der Waals surface area (Å²) in [5.74, 6) is -0.648. The fraction of sp³-hybridized carbons (Fsp3) is 0.226. The van der Waals surface area contributed by atoms with Crippen LogP contribution in [0.1, 0.15) is 27.8 Å². The first-order valence-corrected chi connectivity index (χ1v) is 13.7. The van der Waals surface area contributed by atoms with Crippen LogP contribution in [0.25, 0.3) is 6.08 Å². The normalized spacial score (nSPS) is 13.9. The highest BCUT2D eigenvalue weighted by atomic mass is 32.2. The first-order chi connectivity index (χ1) is 19.5. The Morgan fingerprint density at radius 3 is 2.29 bits per heavy atom. The first kappa shape index (κ1) is 29.4. The zero-order valence-corrected chi connectivity index (χ0v) is 24.3. The topological polar surface area (TPSA) is 114 Å². The van der Waals surface area contributed by atoms with Gasteiger partial charge in [0.1, 0.15) is 6.54 Å². The molecule has 212 valence electrons. The van der Waals surface area contributed by atoms with Crippen LogP contribution >= 0.6 is 11.8 Å². The molecule has 0 atom stereocenters. The van der Waals surface area contributed by atoms with Gasteiger partial charge in [-0.15, -0.1) is 0 Å². The molecule has 3 aromatic rings. The van der Waals surface area contributed by atoms with Crippen molar-refractivity contribution in [3.63, 3.8) is 0 Å². The van der Waals surface area contributed by atoms with E-state index in [1.54, 1.807) is 30.3 Å². The molecule has 0 saturated carbocycles. The number of nitrogens with zero attached hydrogens (tertiary/aromatic N) is 1. The number of hydrogen-bond acceptors (Lipinski definition) is 7. The molecule has 2 N–H and O–H groups in total. The molecular weight excluding hydrogens is 542 g/mol. The lowest BCUT2D eigenvalue weighted by Crippen LogP contribution is -2.36. The molecule has 4 amide bonds. The molecule has 9 nitrogen and oxygen atoms in total. The van der Waals surface area contributed by atoms with E-state index in [-0.39, 0.29) is 17.4 Å². The predicted molar refractivity (Wildman–Crippen MR) is 160 cm³/mol. The minimum absolute atomic E-state index is 0.179. The summed E-state index contributed by atoms with van der Waals surface area (Å²) in [5, 5.41) is 5.07. The number of methoxy groups -OCH3 is 1. The SMILES string of the molecule is COc1cc(/C=C2/SC(=O)N(CC(=O)Nc3c(C)cc(C)cc3C)C2=O)ccc1OCC(=O)Nc1cccc(C)c1. The Morgan fingerprint density at radius 1 is 0.878 bits per heavy atom. The van der Waals surface area contributed by atoms with Crippen molar-refractivity contribution in [1.29, 1.82) is 0 Å². The number of hydrogen-bond donors (Lipinski definition) is 2. The van der Waals surface area contributed by atoms with E-state index in [0.717, 1.165) is 38.9 Å². The molecule has 0 unspecified atom stereocenters. The second-order valence-corrected chi connectivity index (χ2v) is 10.7. The van der Waals surface area contributed by atoms with Gasteiger partial charge in [0.15, 0.2) is 18.1 Å². The number of anilines is 2. The van der Waals surface area contributed by atoms with Crippen LogP contribution in [0.2, 0.25) is 0 Å². The predicted octanol–water partition coefficient (Wildman–Crippen LogP) is 5.62. The number of thioether (sulfide) groups is 1. The van der Waals surface area contributed by atoms with Crippen molar-refractivity contribution in [3.05, 3.63) is 87.3 Å². The van der Waals surface area contributed by atoms with E-state index in [0.29, 0.717) is 28.4 Å². The Balaban J connectivity index is 1.39. The molecule has 1 fully saturated rings. The molecule has 1 heterocycles. The lowest BCUT2D eigenvalue weighted by Gasteiger charge is -2.16. The highest BCUT2D eigenvalue weighted by Gasteiger charge is 2.36. The Labute approximate surface area is 242 Å². The Hall–Kier alpha value is -4.57. The van der Waals surface area contributed by atoms with Gasteiger partial charge in [-0.25, -0.2) is 0 Å². The Kier molecular flexibility index (Phi) is 9.14. The average molecular weight is 574 g/mol. The number of amides is 4. The van der Waals surface area contributed by atoms with Crippen LogP contribution in [-0.2, 0) is 14.4 Å². The standard InChI is InChI=1S/C31H31N3O6S/c1-18-7-6-8-23(13-18)32-28(36)17-40-24-10-9-22(14-25(24)39-5)15-26-30(37)34(31(38)41-26)16-27(35)33-29-20(3)11-19(2)12-21(29)4/h6-15H,16-17H2,1-5H3,(H,32,36)(H,33,35)/b26-15+. The molecule has 0 aliphatic carbocycles. The number of nitrogens with one attached hydrogen (secondary N) is 2. The van der Waals surface area contributed by atoms with Gasteiger partial charge in [-0.05, 0) is 92.1 Å². The number of benzene rings is 3. The van der Waals surface area contributed by atoms with Crippen molar-refractivity contribution in [3.8, 4) is 11.5 Å². The van der Waals surface area contributed by atoms with Crippen molar-refractivity contribution < 1.29 is 28.7 Å². The van der Waals surface area contributed by atoms with Gasteiger partial charge >= 0.3 is 0 Å². The molecule has 1 aliphatic heterocycles. The van der Waals surface area contributed by atoms with Gasteiger partial charge in [-0.2, -0.15) is 0 Å². The molecule has 0 spiro atoms. The molecule has 3 aromatic carbocycles. The number of carbonyl (C=O) groups excluding carboxylic acids is 4. The van der Waals surface area contributed by atoms with E-state index in [2.05, 4.69) is 10.6 Å². The largest absolute Gasteiger partial charge is 0.493 e. The van der Waals surface area contributed by atoms with E-state index in [1.807, 2.05) is 58.0 Å². The smallest absolute Gasteiger partial charge is 0.294 e. The summed E-state index contributed by atoms with van der Waals surface area (Å²) in [5.41, 5.74) is 5.83. The summed E-state index contributed by atoms with van der Waals surface area (Å²) < 4.78 is 11.1. The van der Waals surface area contributed by atoms with Crippen molar-refractivity contribution in [2.45, 2.75) is 27.7 Å². The monoisotopic (exact) mass is 573 g/mol. The van der Waals surface area contributed by atoms with Gasteiger partial charge < -0.3 is 20.1 Å². The van der Waals surface area contributed by atoms with Gasteiger partial charge in [-0.3, -0.25) is 24.1 Å². The van der Waals surface area contributed by atoms with Crippen LogP contribution in [0.15, 0.2) is 59.5 Å². The second kappa shape index (κ2) is 12.7. The molecule has 1 saturated heterocycles. The third-order valence-corrected chi connectivity index (χ3v) is 7.17. The number of ether oxygens (including phenoxy) is 2. The van der Waals surface area contributed by atoms with E-state index in [1.165, 1.54) is 7.11 Å². The van der Waals surface area contributed by atoms with Crippen LogP contribution in [0.3, 0.4) is 0 Å². The minimum atomic E-state index is -0.556. The Bertz CT molecular complexity index is 1540. The number of imide groups is 1. The molecule has 0 radical (unpaired) electrons. The fourth-order valence-corrected chi connectivity index (χ4v) is 5.28. The highest BCUT2D eigenvalue weighted by Crippen LogP contribution is 2.34. The van der Waals surface area contributed by atoms with E-state index in [4.69, 9.17) is 9.47 Å². The summed E-state index contributed by atoms with van der Waals surface area (Å²) in [6, 6.07) is 16.3. The van der Waals surface area contributed by atoms with Gasteiger partial charge in [0.25, 0.3) is 17.1 Å². The summed E-state index contributed by atoms with van der Waals surface area (Å²) in [6.07, 6.45) is 1.55. The van der Waals surface area contributed by atoms with Crippen LogP contribution in [0.5, 0.6) is 11.5 Å². The maximum absolute atomic E-state index is 13.0. The van der Waals surface area contributed by atoms with Crippen molar-refractivity contribution in [2.75, 3.05) is 30.9 Å². The molecular formula is C31H31N3O6S. The van der Waals surface area contributed by atoms with Gasteiger partial charge in [0.2, 0.25) is 5.91 Å². The zero-order chi connectivity index (χ0) is 29.7. The van der Waals surface area contributed by atoms with Crippen LogP contribution < -0.4 is 20.1 Å². The molecule has 4 rings (SSSR count). The van der Waals surface area contributed by atoms with Crippen molar-refractivity contribution in [1.82, 2.24) is 4.90 Å². The van der Waals surface area contributed by atoms with E-state index < -0.39 is 23.6 Å². The molecule has 10 heteroatoms. The van der Waals surface area contributed by atoms with Crippen LogP contribution in [0, 0.1) is 27.7 Å². The average Bonchev–Trinajstić information content (AvgIpc) is 3.17. The second-order valence-electron chi connectivity index (χ2n) is 9.71. The lowest BCUT2D eigenvalue weighted by molar-refractivity contribution is -0.127. The summed E-state index contributed by atoms with van der Waals surface area (Å²) in [4.78, 5) is 51.7. The zero-order valence-electron chi connectivity index (χ0n) is 23.5. The minimum Gasteiger partial charge on any atom is -0.493 e. The van der Waals surface area contributed by atoms with E-state index in [9.17, 15) is 19.2 Å². The summed E-state index contributed by atoms with van der Waals surface area (Å²) in [7, 11) is 1.46. The third-order valence-electron chi connectivity index (χ3n) is 6.26.